The summed E-state index contributed by atoms with van der Waals surface area (Å²) in [4.78, 5) is 13.3. The van der Waals surface area contributed by atoms with E-state index in [0.29, 0.717) is 5.78 Å². The van der Waals surface area contributed by atoms with Crippen molar-refractivity contribution in [3.8, 4) is 0 Å². The fraction of sp³-hybridized carbons (Fsp3) is 0.381. The van der Waals surface area contributed by atoms with Crippen LogP contribution in [0.15, 0.2) is 60.7 Å². The molecule has 23 heavy (non-hydrogen) atoms. The topological polar surface area (TPSA) is 29.1 Å². The first kappa shape index (κ1) is 14.6. The summed E-state index contributed by atoms with van der Waals surface area (Å²) in [6, 6.07) is 21.1. The average molecular weight is 305 g/mol. The van der Waals surface area contributed by atoms with Gasteiger partial charge in [-0.1, -0.05) is 74.0 Å². The van der Waals surface area contributed by atoms with E-state index >= 15 is 0 Å². The van der Waals surface area contributed by atoms with E-state index in [1.54, 1.807) is 0 Å². The lowest BCUT2D eigenvalue weighted by Gasteiger charge is -2.51. The van der Waals surface area contributed by atoms with Gasteiger partial charge in [-0.2, -0.15) is 0 Å². The summed E-state index contributed by atoms with van der Waals surface area (Å²) < 4.78 is 0. The van der Waals surface area contributed by atoms with Gasteiger partial charge in [0.15, 0.2) is 0 Å². The molecular formula is C21H23NO. The van der Waals surface area contributed by atoms with Crippen LogP contribution in [0.2, 0.25) is 0 Å². The number of hydrogen-bond donors (Lipinski definition) is 1. The van der Waals surface area contributed by atoms with Crippen molar-refractivity contribution >= 4 is 5.78 Å². The second-order valence-corrected chi connectivity index (χ2v) is 7.18. The quantitative estimate of drug-likeness (QED) is 0.888. The van der Waals surface area contributed by atoms with Crippen LogP contribution in [0.1, 0.15) is 49.4 Å². The Morgan fingerprint density at radius 2 is 1.57 bits per heavy atom. The Hall–Kier alpha value is -1.93. The van der Waals surface area contributed by atoms with Crippen molar-refractivity contribution in [1.29, 1.82) is 0 Å². The monoisotopic (exact) mass is 305 g/mol. The molecule has 2 aromatic carbocycles. The number of nitrogens with one attached hydrogen (secondary N) is 1. The van der Waals surface area contributed by atoms with Gasteiger partial charge in [-0.25, -0.2) is 0 Å². The van der Waals surface area contributed by atoms with E-state index in [9.17, 15) is 4.79 Å². The lowest BCUT2D eigenvalue weighted by atomic mass is 9.59. The molecule has 118 valence electrons. The predicted molar refractivity (Wildman–Crippen MR) is 92.0 cm³/mol. The highest BCUT2D eigenvalue weighted by atomic mass is 16.1. The molecule has 4 rings (SSSR count). The van der Waals surface area contributed by atoms with Crippen molar-refractivity contribution in [2.45, 2.75) is 38.3 Å². The fourth-order valence-electron chi connectivity index (χ4n) is 4.55. The molecule has 1 heterocycles. The van der Waals surface area contributed by atoms with Gasteiger partial charge in [-0.15, -0.1) is 0 Å². The lowest BCUT2D eigenvalue weighted by molar-refractivity contribution is -0.144. The summed E-state index contributed by atoms with van der Waals surface area (Å²) in [7, 11) is 0. The molecule has 2 bridgehead atoms. The number of carbonyl (C=O) groups is 1. The van der Waals surface area contributed by atoms with Crippen molar-refractivity contribution in [3.63, 3.8) is 0 Å². The highest BCUT2D eigenvalue weighted by Crippen LogP contribution is 2.52. The molecule has 2 nitrogen and oxygen atoms in total. The SMILES string of the molecule is C[C@]12CCC[C@H](C1=O)[C@@H](c1ccccc1)N[C@H]2c1ccccc1. The highest BCUT2D eigenvalue weighted by Gasteiger charge is 2.53. The number of hydrogen-bond acceptors (Lipinski definition) is 2. The normalized spacial score (nSPS) is 33.4. The van der Waals surface area contributed by atoms with Gasteiger partial charge in [-0.05, 0) is 24.0 Å². The third-order valence-corrected chi connectivity index (χ3v) is 5.79. The van der Waals surface area contributed by atoms with Crippen LogP contribution >= 0.6 is 0 Å². The summed E-state index contributed by atoms with van der Waals surface area (Å²) in [6.07, 6.45) is 3.13. The van der Waals surface area contributed by atoms with Crippen molar-refractivity contribution in [2.75, 3.05) is 0 Å². The van der Waals surface area contributed by atoms with E-state index in [2.05, 4.69) is 60.8 Å². The van der Waals surface area contributed by atoms with Crippen molar-refractivity contribution < 1.29 is 4.79 Å². The first-order valence-electron chi connectivity index (χ1n) is 8.60. The van der Waals surface area contributed by atoms with Crippen LogP contribution in [0.3, 0.4) is 0 Å². The van der Waals surface area contributed by atoms with E-state index in [4.69, 9.17) is 0 Å². The Labute approximate surface area is 137 Å². The van der Waals surface area contributed by atoms with Crippen LogP contribution in [0.4, 0.5) is 0 Å². The molecule has 1 N–H and O–H groups in total. The molecule has 1 aliphatic heterocycles. The summed E-state index contributed by atoms with van der Waals surface area (Å²) in [5.74, 6) is 0.557. The number of carbonyl (C=O) groups excluding carboxylic acids is 1. The number of Topliss-reactive ketones (excluding diaryl/α,β-unsaturated/α-hetero) is 1. The average Bonchev–Trinajstić information content (AvgIpc) is 2.59. The van der Waals surface area contributed by atoms with Crippen LogP contribution < -0.4 is 5.32 Å². The Balaban J connectivity index is 1.78. The van der Waals surface area contributed by atoms with Gasteiger partial charge < -0.3 is 5.32 Å². The second-order valence-electron chi connectivity index (χ2n) is 7.18. The van der Waals surface area contributed by atoms with Gasteiger partial charge in [0.25, 0.3) is 0 Å². The molecule has 0 aromatic heterocycles. The molecule has 4 atom stereocenters. The van der Waals surface area contributed by atoms with E-state index in [1.807, 2.05) is 12.1 Å². The molecule has 2 fully saturated rings. The van der Waals surface area contributed by atoms with E-state index in [-0.39, 0.29) is 23.4 Å². The summed E-state index contributed by atoms with van der Waals surface area (Å²) in [5, 5.41) is 3.84. The summed E-state index contributed by atoms with van der Waals surface area (Å²) in [5.41, 5.74) is 2.18. The molecular weight excluding hydrogens is 282 g/mol. The smallest absolute Gasteiger partial charge is 0.145 e. The molecule has 1 saturated heterocycles. The van der Waals surface area contributed by atoms with Gasteiger partial charge in [-0.3, -0.25) is 4.79 Å². The van der Waals surface area contributed by atoms with Crippen LogP contribution in [0.25, 0.3) is 0 Å². The van der Waals surface area contributed by atoms with Gasteiger partial charge in [0.05, 0.1) is 0 Å². The molecule has 2 heteroatoms. The third-order valence-electron chi connectivity index (χ3n) is 5.79. The molecule has 1 aliphatic carbocycles. The summed E-state index contributed by atoms with van der Waals surface area (Å²) >= 11 is 0. The standard InChI is InChI=1S/C21H23NO/c1-21-14-8-13-17(20(21)23)18(15-9-4-2-5-10-15)22-19(21)16-11-6-3-7-12-16/h2-7,9-12,17-19,22H,8,13-14H2,1H3/t17-,18+,19-,21+/m0/s1. The predicted octanol–water partition coefficient (Wildman–Crippen LogP) is 4.45. The highest BCUT2D eigenvalue weighted by molar-refractivity contribution is 5.90. The number of rotatable bonds is 2. The van der Waals surface area contributed by atoms with Crippen molar-refractivity contribution in [2.24, 2.45) is 11.3 Å². The summed E-state index contributed by atoms with van der Waals surface area (Å²) in [6.45, 7) is 2.16. The molecule has 2 aromatic rings. The minimum atomic E-state index is -0.282. The largest absolute Gasteiger partial charge is 0.301 e. The second kappa shape index (κ2) is 5.61. The van der Waals surface area contributed by atoms with Gasteiger partial charge >= 0.3 is 0 Å². The number of fused-ring (bicyclic) bond motifs is 2. The van der Waals surface area contributed by atoms with Crippen LogP contribution in [-0.2, 0) is 4.79 Å². The van der Waals surface area contributed by atoms with Crippen molar-refractivity contribution in [1.82, 2.24) is 5.32 Å². The molecule has 0 radical (unpaired) electrons. The first-order chi connectivity index (χ1) is 11.2. The molecule has 0 amide bonds. The maximum atomic E-state index is 13.3. The lowest BCUT2D eigenvalue weighted by Crippen LogP contribution is -2.56. The van der Waals surface area contributed by atoms with Gasteiger partial charge in [0, 0.05) is 23.4 Å². The van der Waals surface area contributed by atoms with E-state index in [1.165, 1.54) is 11.1 Å². The van der Waals surface area contributed by atoms with Crippen LogP contribution in [0.5, 0.6) is 0 Å². The van der Waals surface area contributed by atoms with Crippen LogP contribution in [0, 0.1) is 11.3 Å². The number of benzene rings is 2. The minimum absolute atomic E-state index is 0.0953. The Morgan fingerprint density at radius 3 is 2.22 bits per heavy atom. The van der Waals surface area contributed by atoms with Crippen molar-refractivity contribution in [3.05, 3.63) is 71.8 Å². The van der Waals surface area contributed by atoms with Crippen LogP contribution in [-0.4, -0.2) is 5.78 Å². The molecule has 2 aliphatic rings. The maximum Gasteiger partial charge on any atom is 0.145 e. The van der Waals surface area contributed by atoms with Gasteiger partial charge in [0.1, 0.15) is 5.78 Å². The molecule has 1 saturated carbocycles. The minimum Gasteiger partial charge on any atom is -0.301 e. The first-order valence-corrected chi connectivity index (χ1v) is 8.60. The third kappa shape index (κ3) is 2.33. The Morgan fingerprint density at radius 1 is 0.957 bits per heavy atom. The Kier molecular flexibility index (Phi) is 3.57. The Bertz CT molecular complexity index is 696. The van der Waals surface area contributed by atoms with Gasteiger partial charge in [0.2, 0.25) is 0 Å². The number of ketones is 1. The number of piperidine rings is 1. The maximum absolute atomic E-state index is 13.3. The van der Waals surface area contributed by atoms with E-state index in [0.717, 1.165) is 19.3 Å². The fourth-order valence-corrected chi connectivity index (χ4v) is 4.55. The molecule has 0 unspecified atom stereocenters. The zero-order valence-corrected chi connectivity index (χ0v) is 13.5. The molecule has 0 spiro atoms. The zero-order chi connectivity index (χ0) is 15.9. The zero-order valence-electron chi connectivity index (χ0n) is 13.5. The van der Waals surface area contributed by atoms with E-state index < -0.39 is 0 Å².